The van der Waals surface area contributed by atoms with Gasteiger partial charge in [0.25, 0.3) is 0 Å². The van der Waals surface area contributed by atoms with Gasteiger partial charge >= 0.3 is 5.97 Å². The number of pyridine rings is 1. The minimum Gasteiger partial charge on any atom is -0.478 e. The fourth-order valence-electron chi connectivity index (χ4n) is 1.50. The number of carboxylic acid groups (broad SMARTS) is 1. The zero-order valence-electron chi connectivity index (χ0n) is 9.43. The van der Waals surface area contributed by atoms with Crippen molar-refractivity contribution >= 4 is 23.3 Å². The average molecular weight is 263 g/mol. The van der Waals surface area contributed by atoms with E-state index in [2.05, 4.69) is 10.3 Å². The molecule has 0 atom stereocenters. The number of hydrogen-bond donors (Lipinski definition) is 2. The van der Waals surface area contributed by atoms with Crippen molar-refractivity contribution in [1.82, 2.24) is 4.98 Å². The van der Waals surface area contributed by atoms with E-state index in [0.717, 1.165) is 11.3 Å². The van der Waals surface area contributed by atoms with Crippen LogP contribution in [0.4, 0.5) is 5.69 Å². The monoisotopic (exact) mass is 262 g/mol. The van der Waals surface area contributed by atoms with E-state index in [1.54, 1.807) is 24.5 Å². The lowest BCUT2D eigenvalue weighted by atomic mass is 10.2. The van der Waals surface area contributed by atoms with E-state index in [9.17, 15) is 4.79 Å². The van der Waals surface area contributed by atoms with Crippen LogP contribution in [0.25, 0.3) is 0 Å². The number of nitrogens with one attached hydrogen (secondary N) is 1. The zero-order chi connectivity index (χ0) is 13.0. The smallest absolute Gasteiger partial charge is 0.337 e. The molecule has 2 rings (SSSR count). The standard InChI is InChI=1S/C13H11ClN2O2/c14-12-7-10(1-2-11(12)13(17)18)16-8-9-3-5-15-6-4-9/h1-7,16H,8H2,(H,17,18). The van der Waals surface area contributed by atoms with Gasteiger partial charge < -0.3 is 10.4 Å². The molecule has 0 aliphatic rings. The van der Waals surface area contributed by atoms with Crippen molar-refractivity contribution in [1.29, 1.82) is 0 Å². The first-order valence-electron chi connectivity index (χ1n) is 5.32. The van der Waals surface area contributed by atoms with Crippen LogP contribution in [0, 0.1) is 0 Å². The van der Waals surface area contributed by atoms with Gasteiger partial charge in [0, 0.05) is 24.6 Å². The number of carboxylic acids is 1. The van der Waals surface area contributed by atoms with Crippen molar-refractivity contribution in [2.45, 2.75) is 6.54 Å². The van der Waals surface area contributed by atoms with E-state index in [4.69, 9.17) is 16.7 Å². The van der Waals surface area contributed by atoms with Gasteiger partial charge in [-0.3, -0.25) is 4.98 Å². The second-order valence-corrected chi connectivity index (χ2v) is 4.12. The first kappa shape index (κ1) is 12.4. The third-order valence-corrected chi connectivity index (χ3v) is 2.76. The summed E-state index contributed by atoms with van der Waals surface area (Å²) in [6, 6.07) is 8.59. The van der Waals surface area contributed by atoms with Crippen LogP contribution < -0.4 is 5.32 Å². The SMILES string of the molecule is O=C(O)c1ccc(NCc2ccncc2)cc1Cl. The van der Waals surface area contributed by atoms with Crippen LogP contribution in [-0.2, 0) is 6.54 Å². The number of nitrogens with zero attached hydrogens (tertiary/aromatic N) is 1. The molecule has 18 heavy (non-hydrogen) atoms. The van der Waals surface area contributed by atoms with Crippen LogP contribution in [0.15, 0.2) is 42.7 Å². The highest BCUT2D eigenvalue weighted by Crippen LogP contribution is 2.21. The maximum absolute atomic E-state index is 10.8. The van der Waals surface area contributed by atoms with Crippen LogP contribution in [0.1, 0.15) is 15.9 Å². The van der Waals surface area contributed by atoms with Gasteiger partial charge in [0.1, 0.15) is 0 Å². The van der Waals surface area contributed by atoms with E-state index in [1.165, 1.54) is 6.07 Å². The molecule has 0 amide bonds. The van der Waals surface area contributed by atoms with E-state index in [0.29, 0.717) is 6.54 Å². The van der Waals surface area contributed by atoms with E-state index < -0.39 is 5.97 Å². The van der Waals surface area contributed by atoms with Gasteiger partial charge in [-0.05, 0) is 35.9 Å². The molecular formula is C13H11ClN2O2. The van der Waals surface area contributed by atoms with E-state index in [1.807, 2.05) is 12.1 Å². The normalized spacial score (nSPS) is 10.1. The molecule has 0 saturated heterocycles. The third-order valence-electron chi connectivity index (χ3n) is 2.45. The molecule has 2 aromatic rings. The topological polar surface area (TPSA) is 62.2 Å². The molecule has 0 radical (unpaired) electrons. The Kier molecular flexibility index (Phi) is 3.79. The lowest BCUT2D eigenvalue weighted by Gasteiger charge is -2.07. The minimum atomic E-state index is -1.03. The average Bonchev–Trinajstić information content (AvgIpc) is 2.37. The predicted octanol–water partition coefficient (Wildman–Crippen LogP) is 3.05. The third kappa shape index (κ3) is 2.99. The molecule has 0 unspecified atom stereocenters. The molecule has 2 N–H and O–H groups in total. The molecule has 1 aromatic heterocycles. The van der Waals surface area contributed by atoms with Crippen molar-refractivity contribution in [2.75, 3.05) is 5.32 Å². The van der Waals surface area contributed by atoms with Crippen molar-refractivity contribution in [3.8, 4) is 0 Å². The summed E-state index contributed by atoms with van der Waals surface area (Å²) in [5.74, 6) is -1.03. The second kappa shape index (κ2) is 5.51. The summed E-state index contributed by atoms with van der Waals surface area (Å²) in [5.41, 5.74) is 1.97. The number of hydrogen-bond acceptors (Lipinski definition) is 3. The van der Waals surface area contributed by atoms with Crippen LogP contribution in [0.2, 0.25) is 5.02 Å². The number of anilines is 1. The highest BCUT2D eigenvalue weighted by Gasteiger charge is 2.08. The van der Waals surface area contributed by atoms with Gasteiger partial charge in [0.2, 0.25) is 0 Å². The molecule has 0 aliphatic heterocycles. The Morgan fingerprint density at radius 3 is 2.61 bits per heavy atom. The summed E-state index contributed by atoms with van der Waals surface area (Å²) in [6.45, 7) is 0.630. The molecule has 5 heteroatoms. The van der Waals surface area contributed by atoms with Gasteiger partial charge in [-0.1, -0.05) is 11.6 Å². The molecule has 0 saturated carbocycles. The number of rotatable bonds is 4. The lowest BCUT2D eigenvalue weighted by Crippen LogP contribution is -2.01. The van der Waals surface area contributed by atoms with Gasteiger partial charge in [0.15, 0.2) is 0 Å². The van der Waals surface area contributed by atoms with Gasteiger partial charge in [0.05, 0.1) is 10.6 Å². The quantitative estimate of drug-likeness (QED) is 0.889. The summed E-state index contributed by atoms with van der Waals surface area (Å²) < 4.78 is 0. The first-order valence-corrected chi connectivity index (χ1v) is 5.70. The van der Waals surface area contributed by atoms with Crippen LogP contribution in [0.5, 0.6) is 0 Å². The number of aromatic nitrogens is 1. The Bertz CT molecular complexity index is 558. The van der Waals surface area contributed by atoms with E-state index in [-0.39, 0.29) is 10.6 Å². The molecule has 4 nitrogen and oxygen atoms in total. The minimum absolute atomic E-state index is 0.103. The highest BCUT2D eigenvalue weighted by atomic mass is 35.5. The van der Waals surface area contributed by atoms with Gasteiger partial charge in [-0.2, -0.15) is 0 Å². The largest absolute Gasteiger partial charge is 0.478 e. The number of carbonyl (C=O) groups is 1. The number of aromatic carboxylic acids is 1. The molecule has 1 heterocycles. The molecule has 0 fully saturated rings. The van der Waals surface area contributed by atoms with Gasteiger partial charge in [-0.25, -0.2) is 4.79 Å². The van der Waals surface area contributed by atoms with E-state index >= 15 is 0 Å². The van der Waals surface area contributed by atoms with Gasteiger partial charge in [-0.15, -0.1) is 0 Å². The Morgan fingerprint density at radius 1 is 1.28 bits per heavy atom. The fourth-order valence-corrected chi connectivity index (χ4v) is 1.76. The Labute approximate surface area is 109 Å². The highest BCUT2D eigenvalue weighted by molar-refractivity contribution is 6.33. The summed E-state index contributed by atoms with van der Waals surface area (Å²) in [6.07, 6.45) is 3.44. The molecule has 0 aliphatic carbocycles. The molecule has 1 aromatic carbocycles. The summed E-state index contributed by atoms with van der Waals surface area (Å²) in [4.78, 5) is 14.7. The van der Waals surface area contributed by atoms with Crippen molar-refractivity contribution in [3.05, 3.63) is 58.9 Å². The summed E-state index contributed by atoms with van der Waals surface area (Å²) >= 11 is 5.88. The Balaban J connectivity index is 2.07. The fraction of sp³-hybridized carbons (Fsp3) is 0.0769. The van der Waals surface area contributed by atoms with Crippen molar-refractivity contribution in [3.63, 3.8) is 0 Å². The maximum atomic E-state index is 10.8. The number of benzene rings is 1. The van der Waals surface area contributed by atoms with Crippen molar-refractivity contribution in [2.24, 2.45) is 0 Å². The van der Waals surface area contributed by atoms with Crippen molar-refractivity contribution < 1.29 is 9.90 Å². The van der Waals surface area contributed by atoms with Crippen LogP contribution in [0.3, 0.4) is 0 Å². The summed E-state index contributed by atoms with van der Waals surface area (Å²) in [5, 5.41) is 12.2. The zero-order valence-corrected chi connectivity index (χ0v) is 10.2. The molecular weight excluding hydrogens is 252 g/mol. The lowest BCUT2D eigenvalue weighted by molar-refractivity contribution is 0.0697. The first-order chi connectivity index (χ1) is 8.66. The molecule has 0 spiro atoms. The Morgan fingerprint density at radius 2 is 2.00 bits per heavy atom. The second-order valence-electron chi connectivity index (χ2n) is 3.71. The maximum Gasteiger partial charge on any atom is 0.337 e. The molecule has 92 valence electrons. The van der Waals surface area contributed by atoms with Crippen LogP contribution >= 0.6 is 11.6 Å². The predicted molar refractivity (Wildman–Crippen MR) is 70.0 cm³/mol. The number of halogens is 1. The summed E-state index contributed by atoms with van der Waals surface area (Å²) in [7, 11) is 0. The molecule has 0 bridgehead atoms. The van der Waals surface area contributed by atoms with Crippen LogP contribution in [-0.4, -0.2) is 16.1 Å². The Hall–Kier alpha value is -2.07.